The van der Waals surface area contributed by atoms with Crippen LogP contribution in [0.1, 0.15) is 29.6 Å². The highest BCUT2D eigenvalue weighted by Crippen LogP contribution is 2.26. The van der Waals surface area contributed by atoms with E-state index in [9.17, 15) is 9.59 Å². The van der Waals surface area contributed by atoms with Crippen molar-refractivity contribution < 1.29 is 19.1 Å². The van der Waals surface area contributed by atoms with Crippen LogP contribution in [0.2, 0.25) is 0 Å². The number of primary amides is 1. The highest BCUT2D eigenvalue weighted by atomic mass is 16.5. The van der Waals surface area contributed by atoms with Gasteiger partial charge in [-0.25, -0.2) is 9.78 Å². The molecular weight excluding hydrogens is 456 g/mol. The van der Waals surface area contributed by atoms with Gasteiger partial charge in [0.2, 0.25) is 0 Å². The first-order valence-electron chi connectivity index (χ1n) is 12.1. The normalized spacial score (nSPS) is 14.1. The number of carbonyl (C=O) groups excluding carboxylic acids is 2. The van der Waals surface area contributed by atoms with Gasteiger partial charge in [-0.15, -0.1) is 0 Å². The number of imidazole rings is 1. The van der Waals surface area contributed by atoms with Crippen molar-refractivity contribution in [2.45, 2.75) is 19.3 Å². The Balaban J connectivity index is 1.10. The van der Waals surface area contributed by atoms with Crippen LogP contribution in [0.4, 0.5) is 4.79 Å². The number of likely N-dealkylation sites (tertiary alicyclic amines) is 1. The second-order valence-corrected chi connectivity index (χ2v) is 8.95. The van der Waals surface area contributed by atoms with Gasteiger partial charge in [0.1, 0.15) is 17.3 Å². The van der Waals surface area contributed by atoms with Gasteiger partial charge in [0.05, 0.1) is 17.6 Å². The minimum Gasteiger partial charge on any atom is -0.494 e. The van der Waals surface area contributed by atoms with E-state index in [2.05, 4.69) is 9.97 Å². The molecule has 5 rings (SSSR count). The Hall–Kier alpha value is -4.33. The second-order valence-electron chi connectivity index (χ2n) is 8.95. The number of hydrogen-bond donors (Lipinski definition) is 2. The van der Waals surface area contributed by atoms with Gasteiger partial charge in [-0.1, -0.05) is 18.2 Å². The topological polar surface area (TPSA) is 111 Å². The number of benzene rings is 3. The second kappa shape index (κ2) is 10.5. The van der Waals surface area contributed by atoms with Gasteiger partial charge in [0.15, 0.2) is 0 Å². The lowest BCUT2D eigenvalue weighted by Crippen LogP contribution is -2.38. The number of ether oxygens (including phenoxy) is 2. The minimum absolute atomic E-state index is 0.120. The molecule has 0 aliphatic carbocycles. The summed E-state index contributed by atoms with van der Waals surface area (Å²) in [4.78, 5) is 33.4. The number of piperidine rings is 1. The van der Waals surface area contributed by atoms with Gasteiger partial charge in [-0.2, -0.15) is 0 Å². The monoisotopic (exact) mass is 484 g/mol. The van der Waals surface area contributed by atoms with Crippen molar-refractivity contribution in [3.05, 3.63) is 78.4 Å². The summed E-state index contributed by atoms with van der Waals surface area (Å²) in [5.74, 6) is 2.55. The molecular formula is C28H28N4O4. The lowest BCUT2D eigenvalue weighted by molar-refractivity contribution is 0.0680. The Morgan fingerprint density at radius 2 is 1.69 bits per heavy atom. The maximum atomic E-state index is 12.6. The van der Waals surface area contributed by atoms with E-state index < -0.39 is 6.09 Å². The smallest absolute Gasteiger partial charge is 0.409 e. The first kappa shape index (κ1) is 23.4. The summed E-state index contributed by atoms with van der Waals surface area (Å²) in [6, 6.07) is 22.4. The number of hydrogen-bond acceptors (Lipinski definition) is 5. The summed E-state index contributed by atoms with van der Waals surface area (Å²) in [7, 11) is 0. The number of fused-ring (bicyclic) bond motifs is 1. The number of amides is 2. The van der Waals surface area contributed by atoms with Crippen molar-refractivity contribution in [3.8, 4) is 22.9 Å². The van der Waals surface area contributed by atoms with E-state index >= 15 is 0 Å². The number of rotatable bonds is 7. The molecule has 0 spiro atoms. The third-order valence-electron chi connectivity index (χ3n) is 6.52. The first-order valence-corrected chi connectivity index (χ1v) is 12.1. The summed E-state index contributed by atoms with van der Waals surface area (Å²) in [5, 5.41) is 0. The van der Waals surface area contributed by atoms with E-state index in [0.29, 0.717) is 29.6 Å². The van der Waals surface area contributed by atoms with Crippen molar-refractivity contribution in [1.29, 1.82) is 0 Å². The highest BCUT2D eigenvalue weighted by Gasteiger charge is 2.23. The average Bonchev–Trinajstić information content (AvgIpc) is 3.33. The molecule has 0 bridgehead atoms. The lowest BCUT2D eigenvalue weighted by Gasteiger charge is -2.32. The molecule has 3 aromatic carbocycles. The van der Waals surface area contributed by atoms with Crippen LogP contribution in [0.15, 0.2) is 72.8 Å². The van der Waals surface area contributed by atoms with E-state index in [4.69, 9.17) is 15.2 Å². The van der Waals surface area contributed by atoms with Crippen molar-refractivity contribution in [2.24, 2.45) is 11.7 Å². The molecule has 4 aromatic rings. The van der Waals surface area contributed by atoms with Gasteiger partial charge in [0.25, 0.3) is 5.91 Å². The maximum Gasteiger partial charge on any atom is 0.409 e. The summed E-state index contributed by atoms with van der Waals surface area (Å²) in [5.41, 5.74) is 8.27. The predicted octanol–water partition coefficient (Wildman–Crippen LogP) is 5.01. The van der Waals surface area contributed by atoms with E-state index in [1.54, 1.807) is 18.2 Å². The third-order valence-corrected chi connectivity index (χ3v) is 6.52. The molecule has 1 aliphatic rings. The fourth-order valence-corrected chi connectivity index (χ4v) is 4.54. The van der Waals surface area contributed by atoms with Gasteiger partial charge < -0.3 is 25.1 Å². The Morgan fingerprint density at radius 3 is 2.42 bits per heavy atom. The molecule has 1 saturated heterocycles. The number of nitrogens with two attached hydrogens (primary N) is 1. The molecule has 0 saturated carbocycles. The number of nitrogens with zero attached hydrogens (tertiary/aromatic N) is 2. The number of nitrogens with one attached hydrogen (secondary N) is 1. The molecule has 184 valence electrons. The summed E-state index contributed by atoms with van der Waals surface area (Å²) in [6.07, 6.45) is 2.11. The van der Waals surface area contributed by atoms with Gasteiger partial charge in [-0.05, 0) is 73.7 Å². The van der Waals surface area contributed by atoms with E-state index in [-0.39, 0.29) is 5.91 Å². The van der Waals surface area contributed by atoms with Crippen LogP contribution in [-0.4, -0.2) is 46.6 Å². The third kappa shape index (κ3) is 5.49. The lowest BCUT2D eigenvalue weighted by atomic mass is 9.93. The molecule has 2 amide bonds. The molecule has 8 heteroatoms. The van der Waals surface area contributed by atoms with E-state index in [1.807, 2.05) is 59.5 Å². The summed E-state index contributed by atoms with van der Waals surface area (Å²) >= 11 is 0. The van der Waals surface area contributed by atoms with Gasteiger partial charge in [0, 0.05) is 30.3 Å². The Kier molecular flexibility index (Phi) is 6.84. The molecule has 1 aromatic heterocycles. The van der Waals surface area contributed by atoms with Crippen LogP contribution >= 0.6 is 0 Å². The fraction of sp³-hybridized carbons (Fsp3) is 0.250. The zero-order chi connectivity index (χ0) is 24.9. The van der Waals surface area contributed by atoms with Crippen LogP contribution in [-0.2, 0) is 0 Å². The Bertz CT molecular complexity index is 1340. The standard InChI is InChI=1S/C28H28N4O4/c29-28(34)36-23-10-11-24-25(18-23)31-26(30-24)20-6-8-22(9-7-20)35-17-14-19-12-15-32(16-13-19)27(33)21-4-2-1-3-5-21/h1-11,18-19H,12-17H2,(H2,29,34)(H,30,31). The molecule has 0 unspecified atom stereocenters. The Labute approximate surface area is 209 Å². The summed E-state index contributed by atoms with van der Waals surface area (Å²) < 4.78 is 10.9. The molecule has 0 radical (unpaired) electrons. The first-order chi connectivity index (χ1) is 17.5. The number of H-pyrrole nitrogens is 1. The summed E-state index contributed by atoms with van der Waals surface area (Å²) in [6.45, 7) is 2.23. The highest BCUT2D eigenvalue weighted by molar-refractivity contribution is 5.94. The quantitative estimate of drug-likeness (QED) is 0.383. The molecule has 8 nitrogen and oxygen atoms in total. The minimum atomic E-state index is -0.857. The van der Waals surface area contributed by atoms with E-state index in [1.165, 1.54) is 0 Å². The van der Waals surface area contributed by atoms with Crippen LogP contribution < -0.4 is 15.2 Å². The maximum absolute atomic E-state index is 12.6. The van der Waals surface area contributed by atoms with Gasteiger partial charge >= 0.3 is 6.09 Å². The van der Waals surface area contributed by atoms with Crippen LogP contribution in [0.25, 0.3) is 22.4 Å². The Morgan fingerprint density at radius 1 is 0.972 bits per heavy atom. The zero-order valence-electron chi connectivity index (χ0n) is 19.9. The van der Waals surface area contributed by atoms with Crippen molar-refractivity contribution in [2.75, 3.05) is 19.7 Å². The van der Waals surface area contributed by atoms with Gasteiger partial charge in [-0.3, -0.25) is 4.79 Å². The number of aromatic nitrogens is 2. The largest absolute Gasteiger partial charge is 0.494 e. The fourth-order valence-electron chi connectivity index (χ4n) is 4.54. The number of aromatic amines is 1. The molecule has 2 heterocycles. The predicted molar refractivity (Wildman–Crippen MR) is 137 cm³/mol. The number of carbonyl (C=O) groups is 2. The molecule has 3 N–H and O–H groups in total. The van der Waals surface area contributed by atoms with Crippen molar-refractivity contribution in [3.63, 3.8) is 0 Å². The van der Waals surface area contributed by atoms with Crippen LogP contribution in [0, 0.1) is 5.92 Å². The average molecular weight is 485 g/mol. The SMILES string of the molecule is NC(=O)Oc1ccc2[nH]c(-c3ccc(OCCC4CCN(C(=O)c5ccccc5)CC4)cc3)nc2c1. The molecule has 0 atom stereocenters. The van der Waals surface area contributed by atoms with Crippen LogP contribution in [0.5, 0.6) is 11.5 Å². The van der Waals surface area contributed by atoms with Crippen molar-refractivity contribution >= 4 is 23.0 Å². The molecule has 1 fully saturated rings. The zero-order valence-corrected chi connectivity index (χ0v) is 19.9. The van der Waals surface area contributed by atoms with Crippen LogP contribution in [0.3, 0.4) is 0 Å². The molecule has 1 aliphatic heterocycles. The van der Waals surface area contributed by atoms with Crippen molar-refractivity contribution in [1.82, 2.24) is 14.9 Å². The van der Waals surface area contributed by atoms with E-state index in [0.717, 1.165) is 54.7 Å². The molecule has 36 heavy (non-hydrogen) atoms.